The van der Waals surface area contributed by atoms with E-state index >= 15 is 0 Å². The van der Waals surface area contributed by atoms with Crippen LogP contribution in [0.15, 0.2) is 11.6 Å². The number of rotatable bonds is 25. The van der Waals surface area contributed by atoms with Crippen LogP contribution in [0.4, 0.5) is 0 Å². The molecule has 0 saturated carbocycles. The summed E-state index contributed by atoms with van der Waals surface area (Å²) in [4.78, 5) is 11.6. The van der Waals surface area contributed by atoms with Crippen LogP contribution in [-0.4, -0.2) is 70.1 Å². The number of esters is 1. The average Bonchev–Trinajstić information content (AvgIpc) is 3.76. The highest BCUT2D eigenvalue weighted by atomic mass is 16.6. The minimum atomic E-state index is -0.426. The zero-order chi connectivity index (χ0) is 31.6. The third-order valence-electron chi connectivity index (χ3n) is 10.1. The number of aliphatic hydroxyl groups is 3. The molecule has 2 saturated heterocycles. The Bertz CT molecular complexity index is 801. The minimum Gasteiger partial charge on any atom is -0.455 e. The van der Waals surface area contributed by atoms with Crippen molar-refractivity contribution in [2.24, 2.45) is 0 Å². The van der Waals surface area contributed by atoms with E-state index < -0.39 is 12.2 Å². The summed E-state index contributed by atoms with van der Waals surface area (Å²) in [5.41, 5.74) is 0.864. The molecule has 7 heteroatoms. The Morgan fingerprint density at radius 3 is 1.61 bits per heavy atom. The molecule has 0 aliphatic carbocycles. The van der Waals surface area contributed by atoms with Crippen LogP contribution in [-0.2, 0) is 19.0 Å². The summed E-state index contributed by atoms with van der Waals surface area (Å²) in [7, 11) is 0. The molecule has 3 rings (SSSR count). The van der Waals surface area contributed by atoms with Crippen LogP contribution in [0.1, 0.15) is 168 Å². The van der Waals surface area contributed by atoms with Crippen LogP contribution in [0.5, 0.6) is 0 Å². The molecule has 0 aromatic heterocycles. The van der Waals surface area contributed by atoms with E-state index in [0.717, 1.165) is 108 Å². The summed E-state index contributed by atoms with van der Waals surface area (Å²) in [5.74, 6) is -0.123. The molecule has 0 amide bonds. The molecule has 0 radical (unpaired) electrons. The standard InChI is InChI=1S/C37H66O7/c1-3-4-19-30(38)20-15-13-17-22-32(40)34-24-26-36(44-34)35-25-23-33(43-35)31(39)21-16-12-10-8-6-5-7-9-11-14-18-29-27-28(2)42-37(29)41/h27-28,30-36,38-40H,3-26H2,1-2H3. The van der Waals surface area contributed by atoms with Gasteiger partial charge < -0.3 is 29.5 Å². The molecule has 0 bridgehead atoms. The summed E-state index contributed by atoms with van der Waals surface area (Å²) >= 11 is 0. The molecule has 3 aliphatic rings. The molecule has 8 atom stereocenters. The second kappa shape index (κ2) is 21.7. The Labute approximate surface area is 268 Å². The fourth-order valence-electron chi connectivity index (χ4n) is 7.26. The molecule has 0 spiro atoms. The van der Waals surface area contributed by atoms with Crippen molar-refractivity contribution < 1.29 is 34.3 Å². The van der Waals surface area contributed by atoms with Crippen molar-refractivity contribution in [3.8, 4) is 0 Å². The molecule has 3 heterocycles. The van der Waals surface area contributed by atoms with Gasteiger partial charge in [0.2, 0.25) is 0 Å². The van der Waals surface area contributed by atoms with Crippen molar-refractivity contribution in [1.29, 1.82) is 0 Å². The highest BCUT2D eigenvalue weighted by Crippen LogP contribution is 2.34. The predicted molar refractivity (Wildman–Crippen MR) is 175 cm³/mol. The van der Waals surface area contributed by atoms with Gasteiger partial charge in [-0.3, -0.25) is 0 Å². The predicted octanol–water partition coefficient (Wildman–Crippen LogP) is 7.86. The maximum absolute atomic E-state index is 11.6. The second-order valence-electron chi connectivity index (χ2n) is 14.0. The normalized spacial score (nSPS) is 27.4. The molecule has 3 N–H and O–H groups in total. The molecule has 0 aromatic rings. The van der Waals surface area contributed by atoms with Gasteiger partial charge in [0.15, 0.2) is 0 Å². The van der Waals surface area contributed by atoms with E-state index in [2.05, 4.69) is 6.92 Å². The first-order valence-corrected chi connectivity index (χ1v) is 18.6. The molecule has 8 unspecified atom stereocenters. The fourth-order valence-corrected chi connectivity index (χ4v) is 7.26. The lowest BCUT2D eigenvalue weighted by atomic mass is 10.00. The molecular formula is C37H66O7. The van der Waals surface area contributed by atoms with Gasteiger partial charge in [-0.15, -0.1) is 0 Å². The number of ether oxygens (including phenoxy) is 3. The number of hydrogen-bond donors (Lipinski definition) is 3. The van der Waals surface area contributed by atoms with E-state index in [-0.39, 0.29) is 42.6 Å². The zero-order valence-electron chi connectivity index (χ0n) is 28.1. The maximum Gasteiger partial charge on any atom is 0.334 e. The van der Waals surface area contributed by atoms with Crippen LogP contribution >= 0.6 is 0 Å². The van der Waals surface area contributed by atoms with Gasteiger partial charge in [-0.2, -0.15) is 0 Å². The van der Waals surface area contributed by atoms with E-state index in [9.17, 15) is 20.1 Å². The maximum atomic E-state index is 11.6. The molecule has 256 valence electrons. The summed E-state index contributed by atoms with van der Waals surface area (Å²) < 4.78 is 17.7. The number of carbonyl (C=O) groups excluding carboxylic acids is 1. The van der Waals surface area contributed by atoms with Crippen molar-refractivity contribution >= 4 is 5.97 Å². The van der Waals surface area contributed by atoms with Crippen LogP contribution in [0.25, 0.3) is 0 Å². The smallest absolute Gasteiger partial charge is 0.334 e. The van der Waals surface area contributed by atoms with Gasteiger partial charge in [0.1, 0.15) is 6.10 Å². The number of cyclic esters (lactones) is 1. The minimum absolute atomic E-state index is 0.0351. The largest absolute Gasteiger partial charge is 0.455 e. The van der Waals surface area contributed by atoms with Gasteiger partial charge in [-0.1, -0.05) is 96.8 Å². The van der Waals surface area contributed by atoms with Crippen molar-refractivity contribution in [3.05, 3.63) is 11.6 Å². The van der Waals surface area contributed by atoms with E-state index in [1.807, 2.05) is 13.0 Å². The van der Waals surface area contributed by atoms with Crippen molar-refractivity contribution in [2.45, 2.75) is 217 Å². The first-order chi connectivity index (χ1) is 21.4. The van der Waals surface area contributed by atoms with Crippen LogP contribution in [0.2, 0.25) is 0 Å². The summed E-state index contributed by atoms with van der Waals surface area (Å²) in [6, 6.07) is 0. The lowest BCUT2D eigenvalue weighted by Crippen LogP contribution is -2.33. The third-order valence-corrected chi connectivity index (χ3v) is 10.1. The van der Waals surface area contributed by atoms with E-state index in [1.165, 1.54) is 51.4 Å². The lowest BCUT2D eigenvalue weighted by Gasteiger charge is -2.24. The molecule has 3 aliphatic heterocycles. The second-order valence-corrected chi connectivity index (χ2v) is 14.0. The van der Waals surface area contributed by atoms with Crippen LogP contribution < -0.4 is 0 Å². The number of unbranched alkanes of at least 4 members (excludes halogenated alkanes) is 12. The average molecular weight is 623 g/mol. The number of hydrogen-bond acceptors (Lipinski definition) is 7. The Morgan fingerprint density at radius 1 is 0.659 bits per heavy atom. The van der Waals surface area contributed by atoms with Gasteiger partial charge in [-0.05, 0) is 77.2 Å². The van der Waals surface area contributed by atoms with Crippen molar-refractivity contribution in [3.63, 3.8) is 0 Å². The van der Waals surface area contributed by atoms with Crippen molar-refractivity contribution in [1.82, 2.24) is 0 Å². The molecule has 2 fully saturated rings. The van der Waals surface area contributed by atoms with Gasteiger partial charge >= 0.3 is 5.97 Å². The summed E-state index contributed by atoms with van der Waals surface area (Å²) in [5, 5.41) is 31.4. The van der Waals surface area contributed by atoms with Gasteiger partial charge in [0, 0.05) is 5.57 Å². The SMILES string of the molecule is CCCCC(O)CCCCCC(O)C1CCC(C2CCC(C(O)CCCCCCCCCCCCC3=CC(C)OC3=O)O2)O1. The third kappa shape index (κ3) is 14.2. The van der Waals surface area contributed by atoms with Crippen molar-refractivity contribution in [2.75, 3.05) is 0 Å². The Morgan fingerprint density at radius 2 is 1.11 bits per heavy atom. The van der Waals surface area contributed by atoms with Gasteiger partial charge in [0.25, 0.3) is 0 Å². The lowest BCUT2D eigenvalue weighted by molar-refractivity contribution is -0.139. The topological polar surface area (TPSA) is 105 Å². The highest BCUT2D eigenvalue weighted by molar-refractivity contribution is 5.90. The number of aliphatic hydroxyl groups excluding tert-OH is 3. The fraction of sp³-hybridized carbons (Fsp3) is 0.919. The molecular weight excluding hydrogens is 556 g/mol. The Hall–Kier alpha value is -0.990. The van der Waals surface area contributed by atoms with Gasteiger partial charge in [0.05, 0.1) is 42.7 Å². The first kappa shape index (κ1) is 37.5. The van der Waals surface area contributed by atoms with Gasteiger partial charge in [-0.25, -0.2) is 4.79 Å². The summed E-state index contributed by atoms with van der Waals surface area (Å²) in [6.07, 6.45) is 25.9. The quantitative estimate of drug-likeness (QED) is 0.0703. The first-order valence-electron chi connectivity index (χ1n) is 18.6. The van der Waals surface area contributed by atoms with E-state index in [4.69, 9.17) is 14.2 Å². The van der Waals surface area contributed by atoms with E-state index in [1.54, 1.807) is 0 Å². The highest BCUT2D eigenvalue weighted by Gasteiger charge is 2.40. The molecule has 44 heavy (non-hydrogen) atoms. The molecule has 0 aromatic carbocycles. The zero-order valence-corrected chi connectivity index (χ0v) is 28.1. The number of carbonyl (C=O) groups is 1. The Kier molecular flexibility index (Phi) is 18.5. The van der Waals surface area contributed by atoms with E-state index in [0.29, 0.717) is 0 Å². The van der Waals surface area contributed by atoms with Crippen LogP contribution in [0, 0.1) is 0 Å². The van der Waals surface area contributed by atoms with Crippen LogP contribution in [0.3, 0.4) is 0 Å². The summed E-state index contributed by atoms with van der Waals surface area (Å²) in [6.45, 7) is 4.06. The molecule has 7 nitrogen and oxygen atoms in total. The Balaban J connectivity index is 1.12. The monoisotopic (exact) mass is 622 g/mol.